The minimum Gasteiger partial charge on any atom is -0.459 e. The smallest absolute Gasteiger partial charge is 0.326 e. The van der Waals surface area contributed by atoms with Gasteiger partial charge in [-0.15, -0.1) is 0 Å². The fourth-order valence-electron chi connectivity index (χ4n) is 4.22. The number of rotatable bonds is 13. The quantitative estimate of drug-likeness (QED) is 0.110. The van der Waals surface area contributed by atoms with Crippen LogP contribution < -0.4 is 20.7 Å². The number of sulfonamides is 1. The second-order valence-corrected chi connectivity index (χ2v) is 12.7. The van der Waals surface area contributed by atoms with E-state index in [4.69, 9.17) is 4.74 Å². The van der Waals surface area contributed by atoms with Crippen molar-refractivity contribution in [2.75, 3.05) is 23.7 Å². The van der Waals surface area contributed by atoms with Crippen LogP contribution in [0.3, 0.4) is 0 Å². The van der Waals surface area contributed by atoms with E-state index in [-0.39, 0.29) is 17.3 Å². The first-order valence-electron chi connectivity index (χ1n) is 13.9. The summed E-state index contributed by atoms with van der Waals surface area (Å²) in [5.74, 6) is -0.962. The molecular weight excluding hydrogens is 588 g/mol. The molecule has 5 N–H and O–H groups in total. The maximum absolute atomic E-state index is 13.1. The molecule has 0 fully saturated rings. The number of carbonyl (C=O) groups is 3. The van der Waals surface area contributed by atoms with Gasteiger partial charge in [-0.25, -0.2) is 13.4 Å². The van der Waals surface area contributed by atoms with Gasteiger partial charge in [0.15, 0.2) is 5.95 Å². The second-order valence-electron chi connectivity index (χ2n) is 11.0. The van der Waals surface area contributed by atoms with Crippen molar-refractivity contribution in [1.29, 1.82) is 0 Å². The summed E-state index contributed by atoms with van der Waals surface area (Å²) in [4.78, 5) is 44.3. The number of fused-ring (bicyclic) bond motifs is 1. The van der Waals surface area contributed by atoms with Crippen LogP contribution in [0.2, 0.25) is 0 Å². The van der Waals surface area contributed by atoms with Gasteiger partial charge >= 0.3 is 5.97 Å². The van der Waals surface area contributed by atoms with Crippen molar-refractivity contribution in [3.05, 3.63) is 66.6 Å². The molecule has 44 heavy (non-hydrogen) atoms. The number of benzene rings is 2. The average Bonchev–Trinajstić information content (AvgIpc) is 3.62. The summed E-state index contributed by atoms with van der Waals surface area (Å²) >= 11 is 0. The number of nitrogens with one attached hydrogen (secondary N) is 5. The highest BCUT2D eigenvalue weighted by Crippen LogP contribution is 2.18. The number of aromatic nitrogens is 4. The number of aromatic amines is 1. The summed E-state index contributed by atoms with van der Waals surface area (Å²) in [6.07, 6.45) is 5.87. The third-order valence-corrected chi connectivity index (χ3v) is 7.67. The molecule has 4 rings (SSSR count). The Morgan fingerprint density at radius 2 is 1.84 bits per heavy atom. The first-order chi connectivity index (χ1) is 20.8. The molecule has 0 aliphatic rings. The third kappa shape index (κ3) is 8.87. The molecule has 0 aliphatic carbocycles. The van der Waals surface area contributed by atoms with Crippen molar-refractivity contribution >= 4 is 50.3 Å². The van der Waals surface area contributed by atoms with Gasteiger partial charge in [0.2, 0.25) is 15.9 Å². The summed E-state index contributed by atoms with van der Waals surface area (Å²) in [5, 5.41) is 13.6. The minimum atomic E-state index is -4.20. The highest BCUT2D eigenvalue weighted by atomic mass is 32.2. The Bertz CT molecular complexity index is 1710. The molecule has 0 radical (unpaired) electrons. The zero-order chi connectivity index (χ0) is 31.9. The molecule has 0 aliphatic heterocycles. The number of ether oxygens (including phenoxy) is 1. The van der Waals surface area contributed by atoms with E-state index in [9.17, 15) is 22.8 Å². The van der Waals surface area contributed by atoms with Crippen LogP contribution in [0.15, 0.2) is 66.0 Å². The van der Waals surface area contributed by atoms with E-state index in [1.165, 1.54) is 31.2 Å². The normalized spacial score (nSPS) is 12.5. The van der Waals surface area contributed by atoms with Gasteiger partial charge in [-0.05, 0) is 69.7 Å². The van der Waals surface area contributed by atoms with Crippen molar-refractivity contribution in [3.63, 3.8) is 0 Å². The Labute approximate surface area is 255 Å². The molecule has 4 aromatic rings. The van der Waals surface area contributed by atoms with E-state index in [2.05, 4.69) is 35.7 Å². The maximum atomic E-state index is 13.1. The zero-order valence-corrected chi connectivity index (χ0v) is 25.7. The summed E-state index contributed by atoms with van der Waals surface area (Å²) in [5.41, 5.74) is 0.682. The highest BCUT2D eigenvalue weighted by Gasteiger charge is 2.30. The maximum Gasteiger partial charge on any atom is 0.326 e. The molecular formula is C29H36N8O6S. The standard InChI is InChI=1S/C29H36N8O6S/c1-19(38)35-22-7-9-23(10-8-22)44(41,42)36-24(27(40)43-29(2,3)4)18-33-26(39)20-6-11-25-21(16-20)17-34-37(25)15-5-12-30-28-31-13-14-32-28/h6-11,13-14,16-17,24,36H,5,12,15,18H2,1-4H3,(H,33,39)(H,35,38)(H2,30,31,32)/t24-/m0/s1. The van der Waals surface area contributed by atoms with Crippen molar-refractivity contribution in [2.45, 2.75) is 57.2 Å². The summed E-state index contributed by atoms with van der Waals surface area (Å²) in [6, 6.07) is 9.13. The van der Waals surface area contributed by atoms with Gasteiger partial charge in [0.25, 0.3) is 5.91 Å². The Morgan fingerprint density at radius 1 is 1.09 bits per heavy atom. The fraction of sp³-hybridized carbons (Fsp3) is 0.345. The molecule has 0 saturated heterocycles. The van der Waals surface area contributed by atoms with Gasteiger partial charge in [-0.2, -0.15) is 9.82 Å². The second kappa shape index (κ2) is 13.7. The molecule has 2 aromatic heterocycles. The first-order valence-corrected chi connectivity index (χ1v) is 15.4. The number of amides is 2. The minimum absolute atomic E-state index is 0.134. The number of nitrogens with zero attached hydrogens (tertiary/aromatic N) is 3. The van der Waals surface area contributed by atoms with Gasteiger partial charge in [0, 0.05) is 55.6 Å². The number of anilines is 2. The van der Waals surface area contributed by atoms with Gasteiger partial charge in [-0.3, -0.25) is 19.1 Å². The van der Waals surface area contributed by atoms with Crippen LogP contribution in [-0.4, -0.2) is 70.7 Å². The SMILES string of the molecule is CC(=O)Nc1ccc(S(=O)(=O)N[C@@H](CNC(=O)c2ccc3c(cnn3CCCNc3ncc[nH]3)c2)C(=O)OC(C)(C)C)cc1. The Kier molecular flexibility index (Phi) is 10.0. The van der Waals surface area contributed by atoms with Crippen LogP contribution in [0.4, 0.5) is 11.6 Å². The summed E-state index contributed by atoms with van der Waals surface area (Å²) in [6.45, 7) is 7.28. The van der Waals surface area contributed by atoms with E-state index in [1.807, 2.05) is 4.68 Å². The molecule has 15 heteroatoms. The van der Waals surface area contributed by atoms with Crippen LogP contribution in [0, 0.1) is 0 Å². The molecule has 0 saturated carbocycles. The molecule has 0 unspecified atom stereocenters. The Morgan fingerprint density at radius 3 is 2.50 bits per heavy atom. The number of hydrogen-bond acceptors (Lipinski definition) is 9. The lowest BCUT2D eigenvalue weighted by Gasteiger charge is -2.24. The predicted octanol–water partition coefficient (Wildman–Crippen LogP) is 2.64. The number of carbonyl (C=O) groups excluding carboxylic acids is 3. The summed E-state index contributed by atoms with van der Waals surface area (Å²) < 4.78 is 35.9. The lowest BCUT2D eigenvalue weighted by molar-refractivity contribution is -0.156. The van der Waals surface area contributed by atoms with Crippen molar-refractivity contribution in [3.8, 4) is 0 Å². The largest absolute Gasteiger partial charge is 0.459 e. The summed E-state index contributed by atoms with van der Waals surface area (Å²) in [7, 11) is -4.20. The molecule has 234 valence electrons. The van der Waals surface area contributed by atoms with E-state index in [0.29, 0.717) is 30.3 Å². The molecule has 0 spiro atoms. The molecule has 14 nitrogen and oxygen atoms in total. The van der Waals surface area contributed by atoms with Crippen LogP contribution in [0.5, 0.6) is 0 Å². The van der Waals surface area contributed by atoms with Crippen molar-refractivity contribution in [2.24, 2.45) is 0 Å². The van der Waals surface area contributed by atoms with Crippen molar-refractivity contribution in [1.82, 2.24) is 29.8 Å². The number of imidazole rings is 1. The van der Waals surface area contributed by atoms with Crippen LogP contribution in [0.1, 0.15) is 44.5 Å². The first kappa shape index (κ1) is 32.2. The van der Waals surface area contributed by atoms with E-state index in [0.717, 1.165) is 17.3 Å². The lowest BCUT2D eigenvalue weighted by atomic mass is 10.1. The van der Waals surface area contributed by atoms with Crippen molar-refractivity contribution < 1.29 is 27.5 Å². The molecule has 1 atom stereocenters. The lowest BCUT2D eigenvalue weighted by Crippen LogP contribution is -2.50. The number of H-pyrrole nitrogens is 1. The molecule has 2 aromatic carbocycles. The predicted molar refractivity (Wildman–Crippen MR) is 164 cm³/mol. The van der Waals surface area contributed by atoms with Crippen LogP contribution in [0.25, 0.3) is 10.9 Å². The van der Waals surface area contributed by atoms with Gasteiger partial charge in [-0.1, -0.05) is 0 Å². The topological polar surface area (TPSA) is 189 Å². The number of hydrogen-bond donors (Lipinski definition) is 5. The van der Waals surface area contributed by atoms with E-state index < -0.39 is 33.5 Å². The monoisotopic (exact) mass is 624 g/mol. The van der Waals surface area contributed by atoms with Gasteiger partial charge in [0.05, 0.1) is 16.6 Å². The molecule has 2 heterocycles. The Balaban J connectivity index is 1.41. The third-order valence-electron chi connectivity index (χ3n) is 6.18. The fourth-order valence-corrected chi connectivity index (χ4v) is 5.41. The molecule has 2 amide bonds. The van der Waals surface area contributed by atoms with Gasteiger partial charge < -0.3 is 25.7 Å². The zero-order valence-electron chi connectivity index (χ0n) is 24.9. The van der Waals surface area contributed by atoms with Crippen LogP contribution in [-0.2, 0) is 30.9 Å². The number of aryl methyl sites for hydroxylation is 1. The van der Waals surface area contributed by atoms with Gasteiger partial charge in [0.1, 0.15) is 11.6 Å². The molecule has 0 bridgehead atoms. The average molecular weight is 625 g/mol. The van der Waals surface area contributed by atoms with E-state index >= 15 is 0 Å². The highest BCUT2D eigenvalue weighted by molar-refractivity contribution is 7.89. The number of esters is 1. The Hall–Kier alpha value is -4.76. The van der Waals surface area contributed by atoms with E-state index in [1.54, 1.807) is 57.6 Å². The van der Waals surface area contributed by atoms with Crippen LogP contribution >= 0.6 is 0 Å².